The summed E-state index contributed by atoms with van der Waals surface area (Å²) in [7, 11) is 0. The van der Waals surface area contributed by atoms with Gasteiger partial charge in [0.25, 0.3) is 12.1 Å². The van der Waals surface area contributed by atoms with E-state index in [2.05, 4.69) is 0 Å². The molecule has 2 rings (SSSR count). The highest BCUT2D eigenvalue weighted by atomic mass is 16.7. The van der Waals surface area contributed by atoms with E-state index in [1.165, 1.54) is 18.2 Å². The highest BCUT2D eigenvalue weighted by molar-refractivity contribution is 5.78. The molecular formula is C14H11N3O5. The van der Waals surface area contributed by atoms with Gasteiger partial charge in [-0.25, -0.2) is 10.1 Å². The van der Waals surface area contributed by atoms with Gasteiger partial charge in [-0.3, -0.25) is 14.9 Å². The van der Waals surface area contributed by atoms with Gasteiger partial charge < -0.3 is 0 Å². The van der Waals surface area contributed by atoms with Crippen LogP contribution in [-0.2, 0) is 11.2 Å². The highest BCUT2D eigenvalue weighted by Gasteiger charge is 2.27. The largest absolute Gasteiger partial charge is 0.299 e. The lowest BCUT2D eigenvalue weighted by Gasteiger charge is -2.09. The first kappa shape index (κ1) is 15.1. The van der Waals surface area contributed by atoms with Gasteiger partial charge in [-0.05, 0) is 28.6 Å². The number of hydrogen-bond acceptors (Lipinski definition) is 5. The number of benzene rings is 2. The number of rotatable bonds is 6. The van der Waals surface area contributed by atoms with Crippen molar-refractivity contribution in [3.8, 4) is 0 Å². The Kier molecular flexibility index (Phi) is 4.42. The van der Waals surface area contributed by atoms with E-state index in [0.717, 1.165) is 5.56 Å². The fourth-order valence-electron chi connectivity index (χ4n) is 2.03. The summed E-state index contributed by atoms with van der Waals surface area (Å²) >= 11 is 0. The minimum Gasteiger partial charge on any atom is -0.272 e. The molecule has 0 aromatic heterocycles. The molecule has 0 heterocycles. The molecule has 0 spiro atoms. The number of nitrogens with zero attached hydrogens (tertiary/aromatic N) is 3. The van der Waals surface area contributed by atoms with Crippen LogP contribution >= 0.6 is 0 Å². The van der Waals surface area contributed by atoms with Crippen molar-refractivity contribution in [1.29, 1.82) is 0 Å². The van der Waals surface area contributed by atoms with Crippen molar-refractivity contribution in [1.82, 2.24) is 0 Å². The van der Waals surface area contributed by atoms with Gasteiger partial charge in [0.2, 0.25) is 0 Å². The second kappa shape index (κ2) is 6.44. The van der Waals surface area contributed by atoms with Crippen LogP contribution < -0.4 is 5.01 Å². The Balaban J connectivity index is 2.41. The Morgan fingerprint density at radius 1 is 1.00 bits per heavy atom. The average Bonchev–Trinajstić information content (AvgIpc) is 2.49. The van der Waals surface area contributed by atoms with Gasteiger partial charge in [-0.15, -0.1) is 0 Å². The minimum absolute atomic E-state index is 0.0702. The van der Waals surface area contributed by atoms with Crippen molar-refractivity contribution in [2.45, 2.75) is 6.42 Å². The van der Waals surface area contributed by atoms with Crippen molar-refractivity contribution in [3.63, 3.8) is 0 Å². The average molecular weight is 301 g/mol. The number of nitro groups is 2. The molecule has 0 bridgehead atoms. The number of nitro benzene ring substituents is 1. The highest BCUT2D eigenvalue weighted by Crippen LogP contribution is 2.29. The van der Waals surface area contributed by atoms with E-state index >= 15 is 0 Å². The number of carbonyl (C=O) groups excluding carboxylic acids is 1. The normalized spacial score (nSPS) is 10.0. The second-order valence-corrected chi connectivity index (χ2v) is 4.43. The second-order valence-electron chi connectivity index (χ2n) is 4.43. The first-order chi connectivity index (χ1) is 10.5. The van der Waals surface area contributed by atoms with Crippen LogP contribution in [-0.4, -0.2) is 16.4 Å². The summed E-state index contributed by atoms with van der Waals surface area (Å²) in [5.41, 5.74) is 0.709. The third kappa shape index (κ3) is 3.23. The smallest absolute Gasteiger partial charge is 0.272 e. The Morgan fingerprint density at radius 2 is 1.68 bits per heavy atom. The van der Waals surface area contributed by atoms with Gasteiger partial charge in [0.1, 0.15) is 0 Å². The van der Waals surface area contributed by atoms with Crippen LogP contribution in [0.1, 0.15) is 11.1 Å². The molecule has 112 valence electrons. The maximum Gasteiger partial charge on any atom is 0.299 e. The number of hydrogen-bond donors (Lipinski definition) is 0. The summed E-state index contributed by atoms with van der Waals surface area (Å²) < 4.78 is 0. The summed E-state index contributed by atoms with van der Waals surface area (Å²) in [6.45, 7) is 0. The standard InChI is InChI=1S/C14H11N3O5/c18-10-15(17(21)22)13-7-6-12(9-14(13)16(19)20)8-11-4-2-1-3-5-11/h1-7,9-10H,8H2. The van der Waals surface area contributed by atoms with Crippen LogP contribution in [0.4, 0.5) is 11.4 Å². The zero-order valence-electron chi connectivity index (χ0n) is 11.3. The molecule has 0 N–H and O–H groups in total. The predicted molar refractivity (Wildman–Crippen MR) is 77.9 cm³/mol. The topological polar surface area (TPSA) is 107 Å². The Morgan fingerprint density at radius 3 is 2.23 bits per heavy atom. The number of amides is 1. The lowest BCUT2D eigenvalue weighted by molar-refractivity contribution is -0.483. The summed E-state index contributed by atoms with van der Waals surface area (Å²) in [5, 5.41) is 20.9. The number of hydrazine groups is 1. The predicted octanol–water partition coefficient (Wildman–Crippen LogP) is 2.34. The molecule has 1 amide bonds. The molecule has 0 radical (unpaired) electrons. The molecule has 0 aliphatic rings. The van der Waals surface area contributed by atoms with Crippen molar-refractivity contribution in [3.05, 3.63) is 79.9 Å². The minimum atomic E-state index is -1.01. The summed E-state index contributed by atoms with van der Waals surface area (Å²) in [6.07, 6.45) is 0.376. The monoisotopic (exact) mass is 301 g/mol. The maximum absolute atomic E-state index is 11.1. The third-order valence-electron chi connectivity index (χ3n) is 3.01. The molecule has 8 nitrogen and oxygen atoms in total. The van der Waals surface area contributed by atoms with Gasteiger partial charge in [-0.2, -0.15) is 0 Å². The third-order valence-corrected chi connectivity index (χ3v) is 3.01. The Hall–Kier alpha value is -3.29. The summed E-state index contributed by atoms with van der Waals surface area (Å²) in [5.74, 6) is 0. The fraction of sp³-hybridized carbons (Fsp3) is 0.0714. The van der Waals surface area contributed by atoms with Gasteiger partial charge >= 0.3 is 0 Å². The quantitative estimate of drug-likeness (QED) is 0.462. The Labute approximate surface area is 124 Å². The van der Waals surface area contributed by atoms with Crippen LogP contribution in [0.2, 0.25) is 0 Å². The first-order valence-corrected chi connectivity index (χ1v) is 6.23. The van der Waals surface area contributed by atoms with Crippen LogP contribution in [0.3, 0.4) is 0 Å². The molecule has 0 unspecified atom stereocenters. The van der Waals surface area contributed by atoms with E-state index in [1.807, 2.05) is 30.3 Å². The summed E-state index contributed by atoms with van der Waals surface area (Å²) in [6, 6.07) is 13.3. The zero-order valence-corrected chi connectivity index (χ0v) is 11.3. The molecule has 2 aromatic rings. The van der Waals surface area contributed by atoms with Crippen LogP contribution in [0, 0.1) is 20.2 Å². The number of anilines is 1. The van der Waals surface area contributed by atoms with Gasteiger partial charge in [0.05, 0.1) is 4.92 Å². The molecule has 0 saturated heterocycles. The van der Waals surface area contributed by atoms with Gasteiger partial charge in [-0.1, -0.05) is 36.4 Å². The molecule has 0 saturated carbocycles. The SMILES string of the molecule is O=CN(c1ccc(Cc2ccccc2)cc1[N+](=O)[O-])[N+](=O)[O-]. The van der Waals surface area contributed by atoms with Crippen molar-refractivity contribution in [2.24, 2.45) is 0 Å². The zero-order chi connectivity index (χ0) is 16.1. The van der Waals surface area contributed by atoms with Crippen molar-refractivity contribution >= 4 is 17.8 Å². The Bertz CT molecular complexity index is 718. The maximum atomic E-state index is 11.1. The van der Waals surface area contributed by atoms with Crippen LogP contribution in [0.5, 0.6) is 0 Å². The molecular weight excluding hydrogens is 290 g/mol. The van der Waals surface area contributed by atoms with E-state index in [4.69, 9.17) is 0 Å². The van der Waals surface area contributed by atoms with Crippen LogP contribution in [0.25, 0.3) is 0 Å². The van der Waals surface area contributed by atoms with Crippen LogP contribution in [0.15, 0.2) is 48.5 Å². The lowest BCUT2D eigenvalue weighted by Crippen LogP contribution is -2.28. The van der Waals surface area contributed by atoms with Gasteiger partial charge in [0, 0.05) is 6.07 Å². The molecule has 0 atom stereocenters. The summed E-state index contributed by atoms with van der Waals surface area (Å²) in [4.78, 5) is 31.9. The number of carbonyl (C=O) groups is 1. The lowest BCUT2D eigenvalue weighted by atomic mass is 10.0. The van der Waals surface area contributed by atoms with Crippen molar-refractivity contribution < 1.29 is 14.8 Å². The van der Waals surface area contributed by atoms with Crippen molar-refractivity contribution in [2.75, 3.05) is 5.01 Å². The molecule has 22 heavy (non-hydrogen) atoms. The van der Waals surface area contributed by atoms with E-state index in [1.54, 1.807) is 0 Å². The van der Waals surface area contributed by atoms with E-state index in [-0.39, 0.29) is 17.1 Å². The van der Waals surface area contributed by atoms with Gasteiger partial charge in [0.15, 0.2) is 10.7 Å². The molecule has 0 fully saturated rings. The van der Waals surface area contributed by atoms with E-state index < -0.39 is 15.6 Å². The first-order valence-electron chi connectivity index (χ1n) is 6.23. The molecule has 2 aromatic carbocycles. The van der Waals surface area contributed by atoms with E-state index in [0.29, 0.717) is 12.0 Å². The van der Waals surface area contributed by atoms with E-state index in [9.17, 15) is 25.0 Å². The molecule has 0 aliphatic heterocycles. The fourth-order valence-corrected chi connectivity index (χ4v) is 2.03. The molecule has 0 aliphatic carbocycles. The molecule has 8 heteroatoms.